The fourth-order valence-electron chi connectivity index (χ4n) is 3.56. The number of hydrogen-bond acceptors (Lipinski definition) is 7. The zero-order chi connectivity index (χ0) is 20.6. The second-order valence-electron chi connectivity index (χ2n) is 7.03. The van der Waals surface area contributed by atoms with Crippen LogP contribution in [0.3, 0.4) is 0 Å². The molecule has 1 aromatic carbocycles. The summed E-state index contributed by atoms with van der Waals surface area (Å²) in [6, 6.07) is 4.90. The van der Waals surface area contributed by atoms with Gasteiger partial charge in [0.2, 0.25) is 11.8 Å². The number of ether oxygens (including phenoxy) is 2. The van der Waals surface area contributed by atoms with Crippen molar-refractivity contribution in [2.75, 3.05) is 44.8 Å². The summed E-state index contributed by atoms with van der Waals surface area (Å²) in [4.78, 5) is 37.9. The van der Waals surface area contributed by atoms with Crippen LogP contribution in [0.15, 0.2) is 18.2 Å². The number of carbonyl (C=O) groups excluding carboxylic acids is 3. The first-order valence-electron chi connectivity index (χ1n) is 9.97. The Morgan fingerprint density at radius 1 is 1.14 bits per heavy atom. The minimum atomic E-state index is -0.606. The molecule has 2 aliphatic rings. The van der Waals surface area contributed by atoms with Gasteiger partial charge in [-0.25, -0.2) is 0 Å². The van der Waals surface area contributed by atoms with Crippen LogP contribution in [-0.4, -0.2) is 68.2 Å². The van der Waals surface area contributed by atoms with Crippen molar-refractivity contribution in [2.24, 2.45) is 5.73 Å². The second kappa shape index (κ2) is 10.3. The molecule has 9 nitrogen and oxygen atoms in total. The molecule has 4 N–H and O–H groups in total. The Balaban J connectivity index is 1.49. The van der Waals surface area contributed by atoms with Gasteiger partial charge in [0, 0.05) is 56.1 Å². The summed E-state index contributed by atoms with van der Waals surface area (Å²) in [7, 11) is 0. The molecule has 0 radical (unpaired) electrons. The number of nitrogens with zero attached hydrogens (tertiary/aromatic N) is 1. The highest BCUT2D eigenvalue weighted by Gasteiger charge is 2.39. The van der Waals surface area contributed by atoms with Crippen LogP contribution in [0.25, 0.3) is 0 Å². The van der Waals surface area contributed by atoms with Crippen LogP contribution < -0.4 is 16.4 Å². The van der Waals surface area contributed by atoms with Gasteiger partial charge in [0.15, 0.2) is 0 Å². The number of nitrogens with two attached hydrogens (primary N) is 1. The van der Waals surface area contributed by atoms with E-state index in [2.05, 4.69) is 10.6 Å². The zero-order valence-electron chi connectivity index (χ0n) is 16.4. The number of amides is 3. The van der Waals surface area contributed by atoms with Gasteiger partial charge in [-0.2, -0.15) is 0 Å². The van der Waals surface area contributed by atoms with Crippen LogP contribution in [-0.2, 0) is 25.6 Å². The number of imide groups is 1. The molecular weight excluding hydrogens is 376 g/mol. The largest absolute Gasteiger partial charge is 0.382 e. The molecule has 0 bridgehead atoms. The molecule has 3 amide bonds. The Kier molecular flexibility index (Phi) is 7.56. The molecular formula is C20H28N4O5. The third kappa shape index (κ3) is 5.31. The molecule has 1 saturated heterocycles. The number of piperidine rings is 1. The van der Waals surface area contributed by atoms with Crippen molar-refractivity contribution in [2.45, 2.75) is 31.8 Å². The van der Waals surface area contributed by atoms with Gasteiger partial charge in [-0.15, -0.1) is 0 Å². The molecule has 0 spiro atoms. The Bertz CT molecular complexity index is 754. The van der Waals surface area contributed by atoms with Crippen LogP contribution in [0.1, 0.15) is 35.2 Å². The van der Waals surface area contributed by atoms with Gasteiger partial charge in [0.1, 0.15) is 6.04 Å². The fourth-order valence-corrected chi connectivity index (χ4v) is 3.56. The first kappa shape index (κ1) is 21.2. The maximum absolute atomic E-state index is 12.8. The van der Waals surface area contributed by atoms with Crippen molar-refractivity contribution in [3.63, 3.8) is 0 Å². The number of benzene rings is 1. The lowest BCUT2D eigenvalue weighted by molar-refractivity contribution is -0.136. The van der Waals surface area contributed by atoms with Crippen LogP contribution in [0.2, 0.25) is 0 Å². The van der Waals surface area contributed by atoms with Gasteiger partial charge < -0.3 is 25.4 Å². The molecule has 2 heterocycles. The van der Waals surface area contributed by atoms with Crippen LogP contribution in [0.4, 0.5) is 5.69 Å². The van der Waals surface area contributed by atoms with Crippen LogP contribution in [0, 0.1) is 0 Å². The van der Waals surface area contributed by atoms with Crippen molar-refractivity contribution < 1.29 is 23.9 Å². The van der Waals surface area contributed by atoms with Gasteiger partial charge in [-0.05, 0) is 25.0 Å². The van der Waals surface area contributed by atoms with Crippen molar-refractivity contribution in [3.8, 4) is 0 Å². The smallest absolute Gasteiger partial charge is 0.255 e. The standard InChI is InChI=1S/C20H28N4O5/c21-7-11-28-9-2-10-29-12-8-22-16-4-1-3-14-15(16)13-24(20(14)27)17-5-6-18(25)23-19(17)26/h1,3-4,17,22H,2,5-13,21H2,(H,23,25,26). The average Bonchev–Trinajstić information content (AvgIpc) is 3.04. The summed E-state index contributed by atoms with van der Waals surface area (Å²) in [5.41, 5.74) is 7.68. The molecule has 158 valence electrons. The molecule has 0 aromatic heterocycles. The molecule has 3 rings (SSSR count). The van der Waals surface area contributed by atoms with E-state index in [4.69, 9.17) is 15.2 Å². The lowest BCUT2D eigenvalue weighted by atomic mass is 10.0. The van der Waals surface area contributed by atoms with Crippen molar-refractivity contribution in [1.82, 2.24) is 10.2 Å². The first-order chi connectivity index (χ1) is 14.1. The monoisotopic (exact) mass is 404 g/mol. The Morgan fingerprint density at radius 3 is 2.69 bits per heavy atom. The third-order valence-corrected chi connectivity index (χ3v) is 4.98. The lowest BCUT2D eigenvalue weighted by Crippen LogP contribution is -2.52. The SMILES string of the molecule is NCCOCCCOCCNc1cccc2c1CN(C1CCC(=O)NC1=O)C2=O. The number of fused-ring (bicyclic) bond motifs is 1. The minimum Gasteiger partial charge on any atom is -0.382 e. The van der Waals surface area contributed by atoms with Crippen molar-refractivity contribution >= 4 is 23.4 Å². The fraction of sp³-hybridized carbons (Fsp3) is 0.550. The predicted molar refractivity (Wildman–Crippen MR) is 106 cm³/mol. The maximum Gasteiger partial charge on any atom is 0.255 e. The minimum absolute atomic E-state index is 0.174. The van der Waals surface area contributed by atoms with Gasteiger partial charge in [-0.1, -0.05) is 6.07 Å². The maximum atomic E-state index is 12.8. The van der Waals surface area contributed by atoms with E-state index in [1.807, 2.05) is 12.1 Å². The zero-order valence-corrected chi connectivity index (χ0v) is 16.4. The highest BCUT2D eigenvalue weighted by Crippen LogP contribution is 2.32. The van der Waals surface area contributed by atoms with E-state index in [9.17, 15) is 14.4 Å². The van der Waals surface area contributed by atoms with Crippen LogP contribution in [0.5, 0.6) is 0 Å². The highest BCUT2D eigenvalue weighted by atomic mass is 16.5. The highest BCUT2D eigenvalue weighted by molar-refractivity contribution is 6.06. The number of rotatable bonds is 11. The molecule has 2 aliphatic heterocycles. The molecule has 1 unspecified atom stereocenters. The van der Waals surface area contributed by atoms with E-state index in [0.29, 0.717) is 58.0 Å². The lowest BCUT2D eigenvalue weighted by Gasteiger charge is -2.29. The summed E-state index contributed by atoms with van der Waals surface area (Å²) in [6.07, 6.45) is 1.42. The number of hydrogen-bond donors (Lipinski definition) is 3. The van der Waals surface area contributed by atoms with E-state index < -0.39 is 11.9 Å². The summed E-state index contributed by atoms with van der Waals surface area (Å²) < 4.78 is 10.9. The summed E-state index contributed by atoms with van der Waals surface area (Å²) in [6.45, 7) is 3.82. The molecule has 1 fully saturated rings. The topological polar surface area (TPSA) is 123 Å². The second-order valence-corrected chi connectivity index (χ2v) is 7.03. The molecule has 1 atom stereocenters. The van der Waals surface area contributed by atoms with E-state index in [1.165, 1.54) is 0 Å². The van der Waals surface area contributed by atoms with E-state index in [0.717, 1.165) is 17.7 Å². The van der Waals surface area contributed by atoms with Gasteiger partial charge >= 0.3 is 0 Å². The van der Waals surface area contributed by atoms with E-state index >= 15 is 0 Å². The molecule has 9 heteroatoms. The average molecular weight is 404 g/mol. The first-order valence-corrected chi connectivity index (χ1v) is 9.97. The Hall–Kier alpha value is -2.49. The molecule has 0 aliphatic carbocycles. The molecule has 0 saturated carbocycles. The van der Waals surface area contributed by atoms with E-state index in [1.54, 1.807) is 11.0 Å². The van der Waals surface area contributed by atoms with Crippen LogP contribution >= 0.6 is 0 Å². The Morgan fingerprint density at radius 2 is 1.93 bits per heavy atom. The normalized spacial score (nSPS) is 18.7. The van der Waals surface area contributed by atoms with Gasteiger partial charge in [0.05, 0.1) is 13.2 Å². The predicted octanol–water partition coefficient (Wildman–Crippen LogP) is 0.242. The molecule has 1 aromatic rings. The molecule has 29 heavy (non-hydrogen) atoms. The Labute approximate surface area is 169 Å². The van der Waals surface area contributed by atoms with Gasteiger partial charge in [-0.3, -0.25) is 19.7 Å². The number of nitrogens with one attached hydrogen (secondary N) is 2. The quantitative estimate of drug-likeness (QED) is 0.357. The van der Waals surface area contributed by atoms with Crippen molar-refractivity contribution in [3.05, 3.63) is 29.3 Å². The number of anilines is 1. The number of carbonyl (C=O) groups is 3. The third-order valence-electron chi connectivity index (χ3n) is 4.98. The van der Waals surface area contributed by atoms with Gasteiger partial charge in [0.25, 0.3) is 5.91 Å². The summed E-state index contributed by atoms with van der Waals surface area (Å²) >= 11 is 0. The summed E-state index contributed by atoms with van der Waals surface area (Å²) in [5, 5.41) is 5.63. The van der Waals surface area contributed by atoms with E-state index in [-0.39, 0.29) is 18.2 Å². The van der Waals surface area contributed by atoms with Crippen molar-refractivity contribution in [1.29, 1.82) is 0 Å². The summed E-state index contributed by atoms with van der Waals surface area (Å²) in [5.74, 6) is -0.864.